The minimum atomic E-state index is -3.48. The monoisotopic (exact) mass is 348 g/mol. The molecular weight excluding hydrogens is 327 g/mol. The summed E-state index contributed by atoms with van der Waals surface area (Å²) in [6, 6.07) is 11.8. The molecule has 0 spiro atoms. The van der Waals surface area contributed by atoms with E-state index in [9.17, 15) is 12.8 Å². The van der Waals surface area contributed by atoms with Crippen molar-refractivity contribution >= 4 is 15.7 Å². The van der Waals surface area contributed by atoms with Gasteiger partial charge in [-0.15, -0.1) is 0 Å². The van der Waals surface area contributed by atoms with E-state index in [0.717, 1.165) is 16.8 Å². The first-order chi connectivity index (χ1) is 11.4. The molecule has 0 atom stereocenters. The minimum Gasteiger partial charge on any atom is -0.369 e. The van der Waals surface area contributed by atoms with Gasteiger partial charge in [-0.05, 0) is 55.3 Å². The Balaban J connectivity index is 1.76. The molecule has 4 nitrogen and oxygen atoms in total. The molecule has 0 radical (unpaired) electrons. The standard InChI is InChI=1S/C18H21FN2O2S/c1-14-3-4-15(2)18(13-14)24(22,23)21-11-9-20(10-12-21)17-7-5-16(19)6-8-17/h3-8,13H,9-12H2,1-2H3. The molecule has 128 valence electrons. The number of nitrogens with zero attached hydrogens (tertiary/aromatic N) is 2. The van der Waals surface area contributed by atoms with E-state index in [2.05, 4.69) is 4.90 Å². The molecule has 0 saturated carbocycles. The van der Waals surface area contributed by atoms with E-state index in [1.54, 1.807) is 18.2 Å². The van der Waals surface area contributed by atoms with Crippen molar-refractivity contribution in [3.8, 4) is 0 Å². The molecule has 1 heterocycles. The molecular formula is C18H21FN2O2S. The normalized spacial score (nSPS) is 16.4. The van der Waals surface area contributed by atoms with Crippen LogP contribution in [0, 0.1) is 19.7 Å². The molecule has 0 N–H and O–H groups in total. The number of rotatable bonds is 3. The summed E-state index contributed by atoms with van der Waals surface area (Å²) in [5, 5.41) is 0. The van der Waals surface area contributed by atoms with Gasteiger partial charge in [0, 0.05) is 31.9 Å². The van der Waals surface area contributed by atoms with Crippen LogP contribution in [0.2, 0.25) is 0 Å². The fourth-order valence-electron chi connectivity index (χ4n) is 2.96. The van der Waals surface area contributed by atoms with Gasteiger partial charge in [-0.3, -0.25) is 0 Å². The van der Waals surface area contributed by atoms with Crippen LogP contribution in [0.25, 0.3) is 0 Å². The van der Waals surface area contributed by atoms with Crippen LogP contribution < -0.4 is 4.90 Å². The van der Waals surface area contributed by atoms with Crippen LogP contribution in [0.5, 0.6) is 0 Å². The zero-order valence-electron chi connectivity index (χ0n) is 13.9. The molecule has 0 aliphatic carbocycles. The highest BCUT2D eigenvalue weighted by atomic mass is 32.2. The molecule has 1 fully saturated rings. The summed E-state index contributed by atoms with van der Waals surface area (Å²) < 4.78 is 40.4. The highest BCUT2D eigenvalue weighted by Gasteiger charge is 2.29. The molecule has 0 aromatic heterocycles. The van der Waals surface area contributed by atoms with Gasteiger partial charge in [-0.25, -0.2) is 12.8 Å². The Morgan fingerprint density at radius 3 is 2.17 bits per heavy atom. The average Bonchev–Trinajstić information content (AvgIpc) is 2.58. The number of aryl methyl sites for hydroxylation is 2. The molecule has 2 aromatic rings. The van der Waals surface area contributed by atoms with Gasteiger partial charge in [-0.2, -0.15) is 4.31 Å². The molecule has 0 unspecified atom stereocenters. The first-order valence-corrected chi connectivity index (χ1v) is 9.40. The summed E-state index contributed by atoms with van der Waals surface area (Å²) in [5.41, 5.74) is 2.62. The molecule has 6 heteroatoms. The van der Waals surface area contributed by atoms with Crippen LogP contribution in [0.15, 0.2) is 47.4 Å². The van der Waals surface area contributed by atoms with Crippen LogP contribution in [0.4, 0.5) is 10.1 Å². The van der Waals surface area contributed by atoms with Gasteiger partial charge in [-0.1, -0.05) is 12.1 Å². The third-order valence-electron chi connectivity index (χ3n) is 4.39. The zero-order valence-corrected chi connectivity index (χ0v) is 14.7. The van der Waals surface area contributed by atoms with Crippen molar-refractivity contribution in [2.45, 2.75) is 18.7 Å². The summed E-state index contributed by atoms with van der Waals surface area (Å²) in [4.78, 5) is 2.46. The van der Waals surface area contributed by atoms with E-state index < -0.39 is 10.0 Å². The number of piperazine rings is 1. The summed E-state index contributed by atoms with van der Waals surface area (Å²) in [6.07, 6.45) is 0. The van der Waals surface area contributed by atoms with Crippen molar-refractivity contribution in [2.24, 2.45) is 0 Å². The third-order valence-corrected chi connectivity index (χ3v) is 6.43. The molecule has 2 aromatic carbocycles. The Hall–Kier alpha value is -1.92. The lowest BCUT2D eigenvalue weighted by Gasteiger charge is -2.35. The second-order valence-corrected chi connectivity index (χ2v) is 8.04. The number of halogens is 1. The first-order valence-electron chi connectivity index (χ1n) is 7.96. The maximum atomic E-state index is 13.0. The van der Waals surface area contributed by atoms with Crippen LogP contribution in [0.1, 0.15) is 11.1 Å². The van der Waals surface area contributed by atoms with Crippen molar-refractivity contribution in [3.05, 3.63) is 59.4 Å². The Morgan fingerprint density at radius 2 is 1.54 bits per heavy atom. The van der Waals surface area contributed by atoms with Gasteiger partial charge in [0.1, 0.15) is 5.82 Å². The van der Waals surface area contributed by atoms with E-state index in [1.165, 1.54) is 16.4 Å². The van der Waals surface area contributed by atoms with Crippen LogP contribution >= 0.6 is 0 Å². The van der Waals surface area contributed by atoms with Crippen molar-refractivity contribution in [2.75, 3.05) is 31.1 Å². The van der Waals surface area contributed by atoms with Gasteiger partial charge < -0.3 is 4.90 Å². The molecule has 1 saturated heterocycles. The summed E-state index contributed by atoms with van der Waals surface area (Å²) in [6.45, 7) is 5.75. The van der Waals surface area contributed by atoms with Crippen molar-refractivity contribution in [1.29, 1.82) is 0 Å². The third kappa shape index (κ3) is 3.30. The summed E-state index contributed by atoms with van der Waals surface area (Å²) in [5.74, 6) is -0.269. The largest absolute Gasteiger partial charge is 0.369 e. The predicted molar refractivity (Wildman–Crippen MR) is 93.3 cm³/mol. The van der Waals surface area contributed by atoms with Crippen molar-refractivity contribution in [1.82, 2.24) is 4.31 Å². The van der Waals surface area contributed by atoms with E-state index in [4.69, 9.17) is 0 Å². The van der Waals surface area contributed by atoms with Gasteiger partial charge in [0.2, 0.25) is 10.0 Å². The maximum absolute atomic E-state index is 13.0. The highest BCUT2D eigenvalue weighted by Crippen LogP contribution is 2.24. The minimum absolute atomic E-state index is 0.269. The SMILES string of the molecule is Cc1ccc(C)c(S(=O)(=O)N2CCN(c3ccc(F)cc3)CC2)c1. The fraction of sp³-hybridized carbons (Fsp3) is 0.333. The van der Waals surface area contributed by atoms with E-state index in [-0.39, 0.29) is 5.82 Å². The second-order valence-electron chi connectivity index (χ2n) is 6.14. The Morgan fingerprint density at radius 1 is 0.917 bits per heavy atom. The van der Waals surface area contributed by atoms with Crippen LogP contribution in [0.3, 0.4) is 0 Å². The first kappa shape index (κ1) is 16.9. The van der Waals surface area contributed by atoms with Crippen molar-refractivity contribution < 1.29 is 12.8 Å². The number of sulfonamides is 1. The van der Waals surface area contributed by atoms with Gasteiger partial charge in [0.15, 0.2) is 0 Å². The number of hydrogen-bond donors (Lipinski definition) is 0. The average molecular weight is 348 g/mol. The fourth-order valence-corrected chi connectivity index (χ4v) is 4.69. The van der Waals surface area contributed by atoms with Crippen molar-refractivity contribution in [3.63, 3.8) is 0 Å². The molecule has 24 heavy (non-hydrogen) atoms. The Bertz CT molecular complexity index is 827. The molecule has 1 aliphatic rings. The van der Waals surface area contributed by atoms with Gasteiger partial charge in [0.25, 0.3) is 0 Å². The van der Waals surface area contributed by atoms with Gasteiger partial charge >= 0.3 is 0 Å². The molecule has 0 bridgehead atoms. The Kier molecular flexibility index (Phi) is 4.60. The quantitative estimate of drug-likeness (QED) is 0.856. The highest BCUT2D eigenvalue weighted by molar-refractivity contribution is 7.89. The molecule has 1 aliphatic heterocycles. The summed E-state index contributed by atoms with van der Waals surface area (Å²) in [7, 11) is -3.48. The van der Waals surface area contributed by atoms with Gasteiger partial charge in [0.05, 0.1) is 4.90 Å². The maximum Gasteiger partial charge on any atom is 0.243 e. The molecule has 0 amide bonds. The van der Waals surface area contributed by atoms with Crippen LogP contribution in [-0.4, -0.2) is 38.9 Å². The smallest absolute Gasteiger partial charge is 0.243 e. The zero-order chi connectivity index (χ0) is 17.3. The number of benzene rings is 2. The Labute approximate surface area is 142 Å². The predicted octanol–water partition coefficient (Wildman–Crippen LogP) is 2.95. The lowest BCUT2D eigenvalue weighted by Crippen LogP contribution is -2.48. The lowest BCUT2D eigenvalue weighted by atomic mass is 10.2. The number of anilines is 1. The van der Waals surface area contributed by atoms with E-state index in [0.29, 0.717) is 31.1 Å². The topological polar surface area (TPSA) is 40.6 Å². The summed E-state index contributed by atoms with van der Waals surface area (Å²) >= 11 is 0. The van der Waals surface area contributed by atoms with E-state index >= 15 is 0 Å². The lowest BCUT2D eigenvalue weighted by molar-refractivity contribution is 0.384. The van der Waals surface area contributed by atoms with Crippen LogP contribution in [-0.2, 0) is 10.0 Å². The number of hydrogen-bond acceptors (Lipinski definition) is 3. The molecule has 3 rings (SSSR count). The second kappa shape index (κ2) is 6.53. The van der Waals surface area contributed by atoms with E-state index in [1.807, 2.05) is 26.0 Å².